The SMILES string of the molecule is CCN(Cc1cccc(C)n1)C(=O)[C@@H]1C[C@@H]1C(=O)O. The summed E-state index contributed by atoms with van der Waals surface area (Å²) in [5, 5.41) is 8.87. The molecule has 1 fully saturated rings. The molecule has 0 saturated heterocycles. The highest BCUT2D eigenvalue weighted by molar-refractivity contribution is 5.89. The summed E-state index contributed by atoms with van der Waals surface area (Å²) in [5.41, 5.74) is 1.75. The van der Waals surface area contributed by atoms with E-state index in [1.165, 1.54) is 0 Å². The van der Waals surface area contributed by atoms with Crippen LogP contribution in [0.4, 0.5) is 0 Å². The van der Waals surface area contributed by atoms with Gasteiger partial charge in [-0.25, -0.2) is 0 Å². The van der Waals surface area contributed by atoms with Crippen molar-refractivity contribution in [3.63, 3.8) is 0 Å². The van der Waals surface area contributed by atoms with Crippen LogP contribution in [0.2, 0.25) is 0 Å². The molecule has 0 aromatic carbocycles. The van der Waals surface area contributed by atoms with Crippen LogP contribution in [0.3, 0.4) is 0 Å². The summed E-state index contributed by atoms with van der Waals surface area (Å²) < 4.78 is 0. The Morgan fingerprint density at radius 1 is 1.42 bits per heavy atom. The molecule has 0 radical (unpaired) electrons. The zero-order valence-corrected chi connectivity index (χ0v) is 11.2. The smallest absolute Gasteiger partial charge is 0.307 e. The second-order valence-corrected chi connectivity index (χ2v) is 4.91. The van der Waals surface area contributed by atoms with Crippen LogP contribution >= 0.6 is 0 Å². The van der Waals surface area contributed by atoms with Crippen LogP contribution in [0.25, 0.3) is 0 Å². The Kier molecular flexibility index (Phi) is 3.83. The first kappa shape index (κ1) is 13.5. The van der Waals surface area contributed by atoms with Gasteiger partial charge in [0.2, 0.25) is 5.91 Å². The number of carboxylic acids is 1. The summed E-state index contributed by atoms with van der Waals surface area (Å²) in [4.78, 5) is 29.0. The lowest BCUT2D eigenvalue weighted by molar-refractivity contribution is -0.142. The summed E-state index contributed by atoms with van der Waals surface area (Å²) in [6.07, 6.45) is 0.464. The van der Waals surface area contributed by atoms with Crippen molar-refractivity contribution in [3.05, 3.63) is 29.6 Å². The molecule has 102 valence electrons. The lowest BCUT2D eigenvalue weighted by Crippen LogP contribution is -2.32. The fraction of sp³-hybridized carbons (Fsp3) is 0.500. The Hall–Kier alpha value is -1.91. The number of carbonyl (C=O) groups excluding carboxylic acids is 1. The van der Waals surface area contributed by atoms with Gasteiger partial charge in [-0.3, -0.25) is 14.6 Å². The van der Waals surface area contributed by atoms with E-state index in [0.717, 1.165) is 11.4 Å². The average Bonchev–Trinajstić information content (AvgIpc) is 3.15. The minimum atomic E-state index is -0.872. The summed E-state index contributed by atoms with van der Waals surface area (Å²) >= 11 is 0. The van der Waals surface area contributed by atoms with Crippen molar-refractivity contribution in [1.29, 1.82) is 0 Å². The minimum absolute atomic E-state index is 0.0711. The number of hydrogen-bond donors (Lipinski definition) is 1. The van der Waals surface area contributed by atoms with Crippen molar-refractivity contribution >= 4 is 11.9 Å². The van der Waals surface area contributed by atoms with Gasteiger partial charge in [0, 0.05) is 12.2 Å². The summed E-state index contributed by atoms with van der Waals surface area (Å²) in [5.74, 6) is -1.78. The molecule has 1 aliphatic rings. The molecule has 2 atom stereocenters. The first-order chi connectivity index (χ1) is 9.02. The number of hydrogen-bond acceptors (Lipinski definition) is 3. The highest BCUT2D eigenvalue weighted by atomic mass is 16.4. The molecule has 0 spiro atoms. The van der Waals surface area contributed by atoms with Crippen molar-refractivity contribution in [2.75, 3.05) is 6.54 Å². The molecule has 1 heterocycles. The van der Waals surface area contributed by atoms with Crippen molar-refractivity contribution in [2.45, 2.75) is 26.8 Å². The molecule has 1 aromatic rings. The Labute approximate surface area is 112 Å². The second-order valence-electron chi connectivity index (χ2n) is 4.91. The lowest BCUT2D eigenvalue weighted by atomic mass is 10.2. The largest absolute Gasteiger partial charge is 0.481 e. The standard InChI is InChI=1S/C14H18N2O3/c1-3-16(8-10-6-4-5-9(2)15-10)13(17)11-7-12(11)14(18)19/h4-6,11-12H,3,7-8H2,1-2H3,(H,18,19)/t11-,12+/m1/s1. The van der Waals surface area contributed by atoms with Gasteiger partial charge in [0.05, 0.1) is 24.1 Å². The van der Waals surface area contributed by atoms with E-state index in [-0.39, 0.29) is 11.8 Å². The topological polar surface area (TPSA) is 70.5 Å². The molecule has 0 unspecified atom stereocenters. The normalized spacial score (nSPS) is 20.9. The van der Waals surface area contributed by atoms with E-state index >= 15 is 0 Å². The molecule has 0 bridgehead atoms. The van der Waals surface area contributed by atoms with Crippen LogP contribution in [0.1, 0.15) is 24.7 Å². The number of carbonyl (C=O) groups is 2. The Morgan fingerprint density at radius 2 is 2.16 bits per heavy atom. The molecule has 5 nitrogen and oxygen atoms in total. The number of aryl methyl sites for hydroxylation is 1. The van der Waals surface area contributed by atoms with Crippen LogP contribution < -0.4 is 0 Å². The zero-order chi connectivity index (χ0) is 14.0. The fourth-order valence-corrected chi connectivity index (χ4v) is 2.20. The molecule has 1 aliphatic carbocycles. The van der Waals surface area contributed by atoms with Gasteiger partial charge in [0.15, 0.2) is 0 Å². The lowest BCUT2D eigenvalue weighted by Gasteiger charge is -2.20. The Balaban J connectivity index is 2.01. The molecular formula is C14H18N2O3. The molecule has 19 heavy (non-hydrogen) atoms. The van der Waals surface area contributed by atoms with Gasteiger partial charge in [0.25, 0.3) is 0 Å². The van der Waals surface area contributed by atoms with Crippen molar-refractivity contribution in [2.24, 2.45) is 11.8 Å². The number of carboxylic acid groups (broad SMARTS) is 1. The van der Waals surface area contributed by atoms with Gasteiger partial charge < -0.3 is 10.0 Å². The van der Waals surface area contributed by atoms with Crippen molar-refractivity contribution in [3.8, 4) is 0 Å². The molecule has 0 aliphatic heterocycles. The maximum atomic E-state index is 12.2. The van der Waals surface area contributed by atoms with E-state index in [1.54, 1.807) is 4.90 Å². The van der Waals surface area contributed by atoms with E-state index in [0.29, 0.717) is 19.5 Å². The van der Waals surface area contributed by atoms with Crippen LogP contribution in [0, 0.1) is 18.8 Å². The first-order valence-corrected chi connectivity index (χ1v) is 6.47. The molecule has 2 rings (SSSR count). The highest BCUT2D eigenvalue weighted by Crippen LogP contribution is 2.40. The van der Waals surface area contributed by atoms with Gasteiger partial charge in [0.1, 0.15) is 0 Å². The third-order valence-corrected chi connectivity index (χ3v) is 3.42. The molecule has 1 aromatic heterocycles. The Bertz CT molecular complexity index is 501. The summed E-state index contributed by atoms with van der Waals surface area (Å²) in [7, 11) is 0. The van der Waals surface area contributed by atoms with Crippen molar-refractivity contribution < 1.29 is 14.7 Å². The monoisotopic (exact) mass is 262 g/mol. The van der Waals surface area contributed by atoms with Gasteiger partial charge >= 0.3 is 5.97 Å². The maximum Gasteiger partial charge on any atom is 0.307 e. The summed E-state index contributed by atoms with van der Waals surface area (Å²) in [6, 6.07) is 5.70. The van der Waals surface area contributed by atoms with E-state index in [4.69, 9.17) is 5.11 Å². The maximum absolute atomic E-state index is 12.2. The minimum Gasteiger partial charge on any atom is -0.481 e. The van der Waals surface area contributed by atoms with E-state index in [1.807, 2.05) is 32.0 Å². The Morgan fingerprint density at radius 3 is 2.68 bits per heavy atom. The molecular weight excluding hydrogens is 244 g/mol. The average molecular weight is 262 g/mol. The number of aromatic nitrogens is 1. The van der Waals surface area contributed by atoms with Gasteiger partial charge in [-0.15, -0.1) is 0 Å². The van der Waals surface area contributed by atoms with Crippen LogP contribution in [-0.2, 0) is 16.1 Å². The van der Waals surface area contributed by atoms with Crippen molar-refractivity contribution in [1.82, 2.24) is 9.88 Å². The van der Waals surface area contributed by atoms with E-state index in [9.17, 15) is 9.59 Å². The third-order valence-electron chi connectivity index (χ3n) is 3.42. The highest BCUT2D eigenvalue weighted by Gasteiger charge is 2.49. The second kappa shape index (κ2) is 5.38. The molecule has 5 heteroatoms. The quantitative estimate of drug-likeness (QED) is 0.872. The van der Waals surface area contributed by atoms with Crippen LogP contribution in [-0.4, -0.2) is 33.4 Å². The predicted molar refractivity (Wildman–Crippen MR) is 69.3 cm³/mol. The number of rotatable bonds is 5. The van der Waals surface area contributed by atoms with Crippen LogP contribution in [0.15, 0.2) is 18.2 Å². The number of pyridine rings is 1. The van der Waals surface area contributed by atoms with Crippen LogP contribution in [0.5, 0.6) is 0 Å². The van der Waals surface area contributed by atoms with Gasteiger partial charge in [-0.05, 0) is 32.4 Å². The molecule has 1 N–H and O–H groups in total. The molecule has 1 amide bonds. The number of aliphatic carboxylic acids is 1. The summed E-state index contributed by atoms with van der Waals surface area (Å²) in [6.45, 7) is 4.81. The molecule has 1 saturated carbocycles. The van der Waals surface area contributed by atoms with E-state index < -0.39 is 11.9 Å². The first-order valence-electron chi connectivity index (χ1n) is 6.47. The third kappa shape index (κ3) is 3.10. The zero-order valence-electron chi connectivity index (χ0n) is 11.2. The van der Waals surface area contributed by atoms with Gasteiger partial charge in [-0.2, -0.15) is 0 Å². The van der Waals surface area contributed by atoms with Gasteiger partial charge in [-0.1, -0.05) is 6.07 Å². The number of nitrogens with zero attached hydrogens (tertiary/aromatic N) is 2. The fourth-order valence-electron chi connectivity index (χ4n) is 2.20. The van der Waals surface area contributed by atoms with E-state index in [2.05, 4.69) is 4.98 Å². The predicted octanol–water partition coefficient (Wildman–Crippen LogP) is 1.46. The number of amides is 1.